The molecule has 0 bridgehead atoms. The molecule has 0 aromatic carbocycles. The smallest absolute Gasteiger partial charge is 0.743 e. The van der Waals surface area contributed by atoms with Crippen LogP contribution in [0.25, 0.3) is 0 Å². The van der Waals surface area contributed by atoms with Gasteiger partial charge in [-0.15, -0.1) is 0 Å². The topological polar surface area (TPSA) is 57.2 Å². The van der Waals surface area contributed by atoms with Crippen LogP contribution in [0, 0.1) is 0 Å². The molecule has 0 heterocycles. The van der Waals surface area contributed by atoms with Gasteiger partial charge in [0.05, 0.1) is 0 Å². The van der Waals surface area contributed by atoms with E-state index in [0.717, 1.165) is 6.42 Å². The zero-order valence-corrected chi connectivity index (χ0v) is 14.6. The fourth-order valence-electron chi connectivity index (χ4n) is 1.28. The average Bonchev–Trinajstić information content (AvgIpc) is 2.22. The molecule has 0 rings (SSSR count). The molecule has 0 aliphatic heterocycles. The van der Waals surface area contributed by atoms with Crippen molar-refractivity contribution in [1.29, 1.82) is 0 Å². The van der Waals surface area contributed by atoms with Crippen LogP contribution < -0.4 is 51.4 Å². The molecular weight excluding hydrogens is 322 g/mol. The minimum absolute atomic E-state index is 0. The predicted molar refractivity (Wildman–Crippen MR) is 53.2 cm³/mol. The molecule has 0 saturated carbocycles. The normalized spacial score (nSPS) is 14.9. The van der Waals surface area contributed by atoms with E-state index in [0.29, 0.717) is 12.8 Å². The number of hydrogen-bond donors (Lipinski definition) is 0. The maximum absolute atomic E-state index is 13.0. The second-order valence-electron chi connectivity index (χ2n) is 3.91. The number of alkyl halides is 5. The second kappa shape index (κ2) is 8.59. The summed E-state index contributed by atoms with van der Waals surface area (Å²) < 4.78 is 94.2. The summed E-state index contributed by atoms with van der Waals surface area (Å²) in [4.78, 5) is 0. The summed E-state index contributed by atoms with van der Waals surface area (Å²) in [6.45, 7) is 1.81. The molecule has 0 aromatic rings. The van der Waals surface area contributed by atoms with Crippen molar-refractivity contribution in [2.45, 2.75) is 56.4 Å². The van der Waals surface area contributed by atoms with E-state index in [-0.39, 0.29) is 57.8 Å². The summed E-state index contributed by atoms with van der Waals surface area (Å²) >= 11 is 0. The molecule has 10 heteroatoms. The molecule has 3 nitrogen and oxygen atoms in total. The van der Waals surface area contributed by atoms with E-state index in [1.54, 1.807) is 6.92 Å². The first-order valence-electron chi connectivity index (χ1n) is 5.33. The summed E-state index contributed by atoms with van der Waals surface area (Å²) in [7, 11) is -6.61. The molecule has 0 spiro atoms. The van der Waals surface area contributed by atoms with E-state index in [4.69, 9.17) is 0 Å². The maximum Gasteiger partial charge on any atom is 1.00 e. The van der Waals surface area contributed by atoms with Crippen molar-refractivity contribution in [1.82, 2.24) is 0 Å². The number of hydrogen-bond acceptors (Lipinski definition) is 3. The van der Waals surface area contributed by atoms with Crippen molar-refractivity contribution in [3.05, 3.63) is 0 Å². The summed E-state index contributed by atoms with van der Waals surface area (Å²) in [6.07, 6.45) is -2.65. The Kier molecular flexibility index (Phi) is 10.2. The average molecular weight is 336 g/mol. The van der Waals surface area contributed by atoms with Crippen molar-refractivity contribution >= 4 is 10.1 Å². The third kappa shape index (κ3) is 5.83. The van der Waals surface area contributed by atoms with Crippen molar-refractivity contribution in [2.24, 2.45) is 0 Å². The summed E-state index contributed by atoms with van der Waals surface area (Å²) in [6, 6.07) is 0. The van der Waals surface area contributed by atoms with Crippen LogP contribution >= 0.6 is 0 Å². The van der Waals surface area contributed by atoms with Gasteiger partial charge in [0.2, 0.25) is 0 Å². The molecule has 0 saturated heterocycles. The fraction of sp³-hybridized carbons (Fsp3) is 1.00. The van der Waals surface area contributed by atoms with Gasteiger partial charge in [-0.05, 0) is 6.42 Å². The molecule has 0 radical (unpaired) electrons. The van der Waals surface area contributed by atoms with Gasteiger partial charge in [0.25, 0.3) is 0 Å². The maximum atomic E-state index is 13.0. The van der Waals surface area contributed by atoms with Crippen LogP contribution in [0.5, 0.6) is 0 Å². The van der Waals surface area contributed by atoms with Crippen molar-refractivity contribution in [2.75, 3.05) is 0 Å². The minimum Gasteiger partial charge on any atom is -0.743 e. The third-order valence-electron chi connectivity index (χ3n) is 2.41. The van der Waals surface area contributed by atoms with E-state index in [1.165, 1.54) is 0 Å². The quantitative estimate of drug-likeness (QED) is 0.273. The van der Waals surface area contributed by atoms with Crippen LogP contribution in [0.3, 0.4) is 0 Å². The van der Waals surface area contributed by atoms with E-state index in [2.05, 4.69) is 0 Å². The molecule has 0 fully saturated rings. The van der Waals surface area contributed by atoms with E-state index < -0.39 is 33.9 Å². The van der Waals surface area contributed by atoms with E-state index in [1.807, 2.05) is 0 Å². The fourth-order valence-corrected chi connectivity index (χ4v) is 1.74. The Hall–Kier alpha value is 1.20. The predicted octanol–water partition coefficient (Wildman–Crippen LogP) is 0.0722. The van der Waals surface area contributed by atoms with Gasteiger partial charge in [-0.25, -0.2) is 12.8 Å². The molecule has 1 atom stereocenters. The van der Waals surface area contributed by atoms with Gasteiger partial charge in [-0.2, -0.15) is 17.6 Å². The van der Waals surface area contributed by atoms with Crippen LogP contribution in [0.1, 0.15) is 39.0 Å². The van der Waals surface area contributed by atoms with Gasteiger partial charge in [0.15, 0.2) is 16.3 Å². The molecule has 19 heavy (non-hydrogen) atoms. The van der Waals surface area contributed by atoms with Crippen molar-refractivity contribution in [3.63, 3.8) is 0 Å². The van der Waals surface area contributed by atoms with Gasteiger partial charge in [-0.3, -0.25) is 0 Å². The number of unbranched alkanes of at least 4 members (excludes halogenated alkanes) is 3. The van der Waals surface area contributed by atoms with Crippen LogP contribution in [0.15, 0.2) is 0 Å². The van der Waals surface area contributed by atoms with Gasteiger partial charge in [0, 0.05) is 0 Å². The summed E-state index contributed by atoms with van der Waals surface area (Å²) in [5, 5.41) is -5.94. The number of halogens is 5. The zero-order valence-electron chi connectivity index (χ0n) is 10.6. The Balaban J connectivity index is 0. The second-order valence-corrected chi connectivity index (χ2v) is 5.33. The Morgan fingerprint density at radius 2 is 1.58 bits per heavy atom. The minimum atomic E-state index is -6.61. The van der Waals surface area contributed by atoms with Gasteiger partial charge in [0.1, 0.15) is 0 Å². The molecule has 0 aliphatic rings. The van der Waals surface area contributed by atoms with E-state index >= 15 is 0 Å². The first kappa shape index (κ1) is 22.5. The van der Waals surface area contributed by atoms with Crippen molar-refractivity contribution < 1.29 is 86.3 Å². The van der Waals surface area contributed by atoms with Crippen LogP contribution in [-0.2, 0) is 10.1 Å². The Morgan fingerprint density at radius 3 is 1.95 bits per heavy atom. The Morgan fingerprint density at radius 1 is 1.11 bits per heavy atom. The molecular formula is C9H14F5KO3S. The van der Waals surface area contributed by atoms with Crippen LogP contribution in [-0.4, -0.2) is 30.3 Å². The third-order valence-corrected chi connectivity index (χ3v) is 3.31. The van der Waals surface area contributed by atoms with Gasteiger partial charge >= 0.3 is 62.6 Å². The zero-order chi connectivity index (χ0) is 14.6. The number of rotatable bonds is 8. The molecule has 0 N–H and O–H groups in total. The Bertz CT molecular complexity index is 361. The molecule has 0 aromatic heterocycles. The van der Waals surface area contributed by atoms with Crippen LogP contribution in [0.4, 0.5) is 22.0 Å². The monoisotopic (exact) mass is 336 g/mol. The standard InChI is InChI=1S/C9H15F5O3S.K/c1-2-3-4-5-6-7(10)8(11,12)9(13,14)18(15,16)17;/h7H,2-6H2,1H3,(H,15,16,17);/q;+1/p-1. The molecule has 110 valence electrons. The van der Waals surface area contributed by atoms with Gasteiger partial charge < -0.3 is 4.55 Å². The largest absolute Gasteiger partial charge is 1.00 e. The van der Waals surface area contributed by atoms with Crippen LogP contribution in [0.2, 0.25) is 0 Å². The SMILES string of the molecule is CCCCCCC(F)C(F)(F)C(F)(F)S(=O)(=O)[O-].[K+]. The molecule has 1 unspecified atom stereocenters. The first-order valence-corrected chi connectivity index (χ1v) is 6.74. The molecule has 0 aliphatic carbocycles. The Labute approximate surface area is 151 Å². The van der Waals surface area contributed by atoms with E-state index in [9.17, 15) is 34.9 Å². The molecule has 0 amide bonds. The first-order chi connectivity index (χ1) is 7.98. The van der Waals surface area contributed by atoms with Crippen molar-refractivity contribution in [3.8, 4) is 0 Å². The van der Waals surface area contributed by atoms with Gasteiger partial charge in [-0.1, -0.05) is 32.6 Å². The summed E-state index contributed by atoms with van der Waals surface area (Å²) in [5.74, 6) is -5.51. The summed E-state index contributed by atoms with van der Waals surface area (Å²) in [5.41, 5.74) is 0.